The molecule has 0 saturated carbocycles. The van der Waals surface area contributed by atoms with Crippen LogP contribution in [0.2, 0.25) is 0 Å². The maximum Gasteiger partial charge on any atom is 4.00 e. The summed E-state index contributed by atoms with van der Waals surface area (Å²) in [5.74, 6) is 0. The van der Waals surface area contributed by atoms with Crippen molar-refractivity contribution >= 4 is 57.8 Å². The van der Waals surface area contributed by atoms with Crippen molar-refractivity contribution in [2.24, 2.45) is 0 Å². The van der Waals surface area contributed by atoms with Crippen LogP contribution in [0.5, 0.6) is 0 Å². The summed E-state index contributed by atoms with van der Waals surface area (Å²) in [7, 11) is 0. The molecule has 0 aliphatic carbocycles. The molecule has 2 aromatic carbocycles. The van der Waals surface area contributed by atoms with E-state index in [1.807, 2.05) is 24.3 Å². The molecule has 55 heavy (non-hydrogen) atoms. The molecular weight excluding hydrogens is 879 g/mol. The van der Waals surface area contributed by atoms with Crippen molar-refractivity contribution in [1.82, 2.24) is 0 Å². The van der Waals surface area contributed by atoms with Gasteiger partial charge in [-0.1, -0.05) is 180 Å². The fourth-order valence-electron chi connectivity index (χ4n) is 7.03. The normalized spacial score (nSPS) is 11.6. The summed E-state index contributed by atoms with van der Waals surface area (Å²) in [6, 6.07) is 12.2. The van der Waals surface area contributed by atoms with Gasteiger partial charge in [0.25, 0.3) is 0 Å². The van der Waals surface area contributed by atoms with Gasteiger partial charge in [0.2, 0.25) is 0 Å². The minimum absolute atomic E-state index is 0. The van der Waals surface area contributed by atoms with Crippen molar-refractivity contribution in [1.29, 1.82) is 0 Å². The summed E-state index contributed by atoms with van der Waals surface area (Å²) in [5, 5.41) is 0. The molecule has 2 aromatic rings. The van der Waals surface area contributed by atoms with Crippen LogP contribution in [-0.2, 0) is 70.4 Å². The first kappa shape index (κ1) is 56.0. The summed E-state index contributed by atoms with van der Waals surface area (Å²) in [4.78, 5) is 48.4. The second-order valence-electron chi connectivity index (χ2n) is 14.9. The van der Waals surface area contributed by atoms with E-state index in [1.165, 1.54) is 164 Å². The average Bonchev–Trinajstić information content (AvgIpc) is 3.11. The Labute approximate surface area is 371 Å². The molecule has 0 N–H and O–H groups in total. The first-order chi connectivity index (χ1) is 26.0. The second kappa shape index (κ2) is 35.7. The van der Waals surface area contributed by atoms with Crippen LogP contribution in [0.25, 0.3) is 0 Å². The van der Waals surface area contributed by atoms with Crippen molar-refractivity contribution in [2.45, 2.75) is 217 Å². The standard InChI is InChI=1S/2C22H39O2PS2.Mo/c2*1-3-5-7-9-11-13-16-20-17-15-19-22(27-25(23,24)26)21(20)18-14-12-10-8-6-4-2;/h2*15,17,19H,3-14,16,18H2,1-2H3,(H2,23,24,26);/q;;+4/p-4. The van der Waals surface area contributed by atoms with Crippen LogP contribution in [0.3, 0.4) is 0 Å². The van der Waals surface area contributed by atoms with E-state index in [-0.39, 0.29) is 21.1 Å². The maximum absolute atomic E-state index is 11.7. The van der Waals surface area contributed by atoms with Crippen LogP contribution in [-0.4, -0.2) is 0 Å². The molecule has 314 valence electrons. The Morgan fingerprint density at radius 1 is 0.400 bits per heavy atom. The molecule has 0 heterocycles. The smallest absolute Gasteiger partial charge is 0.824 e. The van der Waals surface area contributed by atoms with E-state index in [2.05, 4.69) is 63.4 Å². The van der Waals surface area contributed by atoms with Crippen molar-refractivity contribution in [2.75, 3.05) is 0 Å². The fourth-order valence-corrected chi connectivity index (χ4v) is 12.4. The summed E-state index contributed by atoms with van der Waals surface area (Å²) in [6.45, 7) is 8.95. The number of aryl methyl sites for hydroxylation is 2. The van der Waals surface area contributed by atoms with Gasteiger partial charge in [-0.3, -0.25) is 0 Å². The molecule has 0 bridgehead atoms. The SMILES string of the molecule is CCCCCCCCc1cccc(SP([O-])([O-])=S)c1CCCCCCCC.CCCCCCCCc1cccc(SP([O-])([O-])=S)c1CCCCCCCC.[Mo+4]. The van der Waals surface area contributed by atoms with Gasteiger partial charge in [-0.05, 0) is 85.8 Å². The molecule has 0 aliphatic heterocycles. The van der Waals surface area contributed by atoms with E-state index in [0.29, 0.717) is 0 Å². The second-order valence-corrected chi connectivity index (χ2v) is 26.2. The molecule has 0 atom stereocenters. The zero-order valence-electron chi connectivity index (χ0n) is 34.8. The van der Waals surface area contributed by atoms with Crippen LogP contribution in [0.1, 0.15) is 204 Å². The molecule has 0 aliphatic rings. The molecule has 0 fully saturated rings. The van der Waals surface area contributed by atoms with Gasteiger partial charge in [0.05, 0.1) is 0 Å². The van der Waals surface area contributed by atoms with Gasteiger partial charge in [0, 0.05) is 9.79 Å². The maximum atomic E-state index is 11.7. The summed E-state index contributed by atoms with van der Waals surface area (Å²) < 4.78 is 0. The van der Waals surface area contributed by atoms with Crippen LogP contribution in [0.4, 0.5) is 0 Å². The van der Waals surface area contributed by atoms with Crippen molar-refractivity contribution < 1.29 is 40.6 Å². The summed E-state index contributed by atoms with van der Waals surface area (Å²) in [6.07, 6.45) is 34.4. The zero-order valence-corrected chi connectivity index (χ0v) is 41.9. The topological polar surface area (TPSA) is 92.2 Å². The van der Waals surface area contributed by atoms with Gasteiger partial charge >= 0.3 is 21.1 Å². The minimum Gasteiger partial charge on any atom is -0.824 e. The third-order valence-electron chi connectivity index (χ3n) is 10.0. The monoisotopic (exact) mass is 954 g/mol. The minimum atomic E-state index is -3.78. The first-order valence-electron chi connectivity index (χ1n) is 21.6. The van der Waals surface area contributed by atoms with Crippen molar-refractivity contribution in [3.05, 3.63) is 58.7 Å². The molecule has 0 saturated heterocycles. The van der Waals surface area contributed by atoms with Gasteiger partial charge in [0.15, 0.2) is 0 Å². The quantitative estimate of drug-likeness (QED) is 0.0407. The predicted octanol–water partition coefficient (Wildman–Crippen LogP) is 13.1. The molecule has 0 aromatic heterocycles. The summed E-state index contributed by atoms with van der Waals surface area (Å²) in [5.41, 5.74) is -2.45. The Balaban J connectivity index is 0.00000104. The first-order valence-corrected chi connectivity index (χ1v) is 29.7. The number of hydrogen-bond acceptors (Lipinski definition) is 8. The number of hydrogen-bond donors (Lipinski definition) is 0. The molecule has 0 unspecified atom stereocenters. The molecule has 0 spiro atoms. The zero-order chi connectivity index (χ0) is 39.9. The Morgan fingerprint density at radius 3 is 0.927 bits per heavy atom. The number of benzene rings is 2. The van der Waals surface area contributed by atoms with Gasteiger partial charge in [0.1, 0.15) is 0 Å². The van der Waals surface area contributed by atoms with Crippen LogP contribution in [0, 0.1) is 0 Å². The molecule has 11 heteroatoms. The molecule has 0 amide bonds. The van der Waals surface area contributed by atoms with E-state index < -0.39 is 11.4 Å². The Kier molecular flexibility index (Phi) is 36.3. The largest absolute Gasteiger partial charge is 4.00 e. The van der Waals surface area contributed by atoms with Crippen molar-refractivity contribution in [3.8, 4) is 0 Å². The van der Waals surface area contributed by atoms with E-state index in [9.17, 15) is 19.6 Å². The third-order valence-corrected chi connectivity index (χ3v) is 15.5. The average molecular weight is 953 g/mol. The van der Waals surface area contributed by atoms with E-state index in [1.54, 1.807) is 0 Å². The molecule has 0 radical (unpaired) electrons. The Hall–Kier alpha value is 0.968. The van der Waals surface area contributed by atoms with Crippen molar-refractivity contribution in [3.63, 3.8) is 0 Å². The molecular formula is C44H74MoO4P2S4. The number of unbranched alkanes of at least 4 members (excludes halogenated alkanes) is 20. The van der Waals surface area contributed by atoms with Gasteiger partial charge in [-0.25, -0.2) is 0 Å². The van der Waals surface area contributed by atoms with Gasteiger partial charge < -0.3 is 19.6 Å². The summed E-state index contributed by atoms with van der Waals surface area (Å²) >= 11 is 11.1. The van der Waals surface area contributed by atoms with E-state index in [0.717, 1.165) is 71.1 Å². The Bertz CT molecular complexity index is 1220. The predicted molar refractivity (Wildman–Crippen MR) is 241 cm³/mol. The van der Waals surface area contributed by atoms with Gasteiger partial charge in [-0.2, -0.15) is 11.4 Å². The van der Waals surface area contributed by atoms with E-state index in [4.69, 9.17) is 0 Å². The van der Waals surface area contributed by atoms with E-state index >= 15 is 0 Å². The third kappa shape index (κ3) is 30.6. The number of rotatable bonds is 32. The van der Waals surface area contributed by atoms with Crippen LogP contribution in [0.15, 0.2) is 46.2 Å². The van der Waals surface area contributed by atoms with Crippen LogP contribution >= 0.6 is 34.2 Å². The fraction of sp³-hybridized carbons (Fsp3) is 0.727. The Morgan fingerprint density at radius 2 is 0.655 bits per heavy atom. The molecule has 4 nitrogen and oxygen atoms in total. The van der Waals surface area contributed by atoms with Gasteiger partial charge in [-0.15, -0.1) is 46.4 Å². The van der Waals surface area contributed by atoms with Crippen LogP contribution < -0.4 is 19.6 Å². The molecule has 2 rings (SSSR count).